The van der Waals surface area contributed by atoms with Crippen LogP contribution in [0, 0.1) is 5.82 Å². The maximum Gasteiger partial charge on any atom is 0.240 e. The molecule has 0 aliphatic rings. The van der Waals surface area contributed by atoms with E-state index >= 15 is 0 Å². The SMILES string of the molecule is CNS(=O)(=O)c1ccc(Nc2cc(Br)ccc2F)c(N)c1. The molecule has 2 aromatic rings. The molecule has 0 aliphatic carbocycles. The minimum absolute atomic E-state index is 0.0442. The number of nitrogens with two attached hydrogens (primary N) is 1. The second-order valence-electron chi connectivity index (χ2n) is 4.21. The van der Waals surface area contributed by atoms with Gasteiger partial charge in [0.15, 0.2) is 0 Å². The molecule has 0 amide bonds. The van der Waals surface area contributed by atoms with E-state index in [0.717, 1.165) is 0 Å². The van der Waals surface area contributed by atoms with Gasteiger partial charge in [-0.15, -0.1) is 0 Å². The zero-order valence-corrected chi connectivity index (χ0v) is 13.4. The standard InChI is InChI=1S/C13H13BrFN3O2S/c1-17-21(19,20)9-3-5-12(11(16)7-9)18-13-6-8(14)2-4-10(13)15/h2-7,17-18H,16H2,1H3. The number of benzene rings is 2. The molecule has 0 aliphatic heterocycles. The van der Waals surface area contributed by atoms with E-state index in [0.29, 0.717) is 10.2 Å². The Kier molecular flexibility index (Phi) is 4.50. The number of hydrogen-bond acceptors (Lipinski definition) is 4. The van der Waals surface area contributed by atoms with Crippen LogP contribution in [0.2, 0.25) is 0 Å². The Labute approximate surface area is 130 Å². The van der Waals surface area contributed by atoms with Crippen molar-refractivity contribution in [3.8, 4) is 0 Å². The molecule has 0 fully saturated rings. The van der Waals surface area contributed by atoms with Crippen LogP contribution in [-0.4, -0.2) is 15.5 Å². The van der Waals surface area contributed by atoms with Gasteiger partial charge in [0.2, 0.25) is 10.0 Å². The molecule has 0 saturated carbocycles. The summed E-state index contributed by atoms with van der Waals surface area (Å²) < 4.78 is 39.9. The minimum atomic E-state index is -3.56. The number of nitrogens with one attached hydrogen (secondary N) is 2. The first kappa shape index (κ1) is 15.7. The zero-order valence-electron chi connectivity index (χ0n) is 11.0. The summed E-state index contributed by atoms with van der Waals surface area (Å²) in [5, 5.41) is 2.83. The zero-order chi connectivity index (χ0) is 15.6. The van der Waals surface area contributed by atoms with Crippen LogP contribution in [0.3, 0.4) is 0 Å². The van der Waals surface area contributed by atoms with Gasteiger partial charge in [-0.1, -0.05) is 15.9 Å². The summed E-state index contributed by atoms with van der Waals surface area (Å²) >= 11 is 3.25. The molecule has 0 spiro atoms. The van der Waals surface area contributed by atoms with Crippen molar-refractivity contribution < 1.29 is 12.8 Å². The molecule has 0 unspecified atom stereocenters. The number of rotatable bonds is 4. The molecule has 0 atom stereocenters. The molecule has 21 heavy (non-hydrogen) atoms. The van der Waals surface area contributed by atoms with Crippen molar-refractivity contribution in [2.45, 2.75) is 4.90 Å². The smallest absolute Gasteiger partial charge is 0.240 e. The molecule has 8 heteroatoms. The average molecular weight is 374 g/mol. The van der Waals surface area contributed by atoms with Crippen molar-refractivity contribution in [3.05, 3.63) is 46.7 Å². The summed E-state index contributed by atoms with van der Waals surface area (Å²) in [6.45, 7) is 0. The Morgan fingerprint density at radius 3 is 2.48 bits per heavy atom. The van der Waals surface area contributed by atoms with Crippen molar-refractivity contribution in [3.63, 3.8) is 0 Å². The molecule has 0 radical (unpaired) electrons. The monoisotopic (exact) mass is 373 g/mol. The van der Waals surface area contributed by atoms with E-state index in [1.165, 1.54) is 31.3 Å². The van der Waals surface area contributed by atoms with Crippen molar-refractivity contribution in [1.29, 1.82) is 0 Å². The van der Waals surface area contributed by atoms with Crippen LogP contribution in [0.4, 0.5) is 21.5 Å². The average Bonchev–Trinajstić information content (AvgIpc) is 2.44. The molecule has 2 aromatic carbocycles. The van der Waals surface area contributed by atoms with Crippen molar-refractivity contribution in [1.82, 2.24) is 4.72 Å². The summed E-state index contributed by atoms with van der Waals surface area (Å²) in [5.41, 5.74) is 6.67. The third kappa shape index (κ3) is 3.52. The van der Waals surface area contributed by atoms with Crippen LogP contribution >= 0.6 is 15.9 Å². The third-order valence-corrected chi connectivity index (χ3v) is 4.71. The minimum Gasteiger partial charge on any atom is -0.397 e. The van der Waals surface area contributed by atoms with E-state index < -0.39 is 15.8 Å². The molecular formula is C13H13BrFN3O2S. The van der Waals surface area contributed by atoms with Gasteiger partial charge in [-0.3, -0.25) is 0 Å². The lowest BCUT2D eigenvalue weighted by atomic mass is 10.2. The molecule has 112 valence electrons. The van der Waals surface area contributed by atoms with Gasteiger partial charge < -0.3 is 11.1 Å². The Hall–Kier alpha value is -1.64. The first-order valence-electron chi connectivity index (χ1n) is 5.88. The Morgan fingerprint density at radius 1 is 1.14 bits per heavy atom. The third-order valence-electron chi connectivity index (χ3n) is 2.80. The fourth-order valence-corrected chi connectivity index (χ4v) is 2.80. The number of anilines is 3. The predicted octanol–water partition coefficient (Wildman–Crippen LogP) is 2.82. The van der Waals surface area contributed by atoms with Crippen LogP contribution in [0.5, 0.6) is 0 Å². The van der Waals surface area contributed by atoms with E-state index in [1.807, 2.05) is 0 Å². The molecule has 4 N–H and O–H groups in total. The van der Waals surface area contributed by atoms with E-state index in [2.05, 4.69) is 26.0 Å². The van der Waals surface area contributed by atoms with Gasteiger partial charge in [0.1, 0.15) is 5.82 Å². The van der Waals surface area contributed by atoms with Crippen molar-refractivity contribution >= 4 is 43.0 Å². The fourth-order valence-electron chi connectivity index (χ4n) is 1.68. The van der Waals surface area contributed by atoms with E-state index in [-0.39, 0.29) is 16.3 Å². The molecule has 2 rings (SSSR count). The number of hydrogen-bond donors (Lipinski definition) is 3. The summed E-state index contributed by atoms with van der Waals surface area (Å²) in [6, 6.07) is 8.63. The van der Waals surface area contributed by atoms with Crippen LogP contribution in [0.25, 0.3) is 0 Å². The fraction of sp³-hybridized carbons (Fsp3) is 0.0769. The van der Waals surface area contributed by atoms with Gasteiger partial charge in [0, 0.05) is 4.47 Å². The van der Waals surface area contributed by atoms with Gasteiger partial charge in [0.05, 0.1) is 22.0 Å². The summed E-state index contributed by atoms with van der Waals surface area (Å²) in [4.78, 5) is 0.0442. The van der Waals surface area contributed by atoms with Crippen LogP contribution in [0.1, 0.15) is 0 Å². The highest BCUT2D eigenvalue weighted by molar-refractivity contribution is 9.10. The van der Waals surface area contributed by atoms with Gasteiger partial charge in [0.25, 0.3) is 0 Å². The molecule has 5 nitrogen and oxygen atoms in total. The normalized spacial score (nSPS) is 11.4. The maximum atomic E-state index is 13.7. The second kappa shape index (κ2) is 6.00. The lowest BCUT2D eigenvalue weighted by Gasteiger charge is -2.12. The van der Waals surface area contributed by atoms with E-state index in [1.54, 1.807) is 12.1 Å². The van der Waals surface area contributed by atoms with Crippen molar-refractivity contribution in [2.24, 2.45) is 0 Å². The summed E-state index contributed by atoms with van der Waals surface area (Å²) in [5.74, 6) is -0.440. The predicted molar refractivity (Wildman–Crippen MR) is 84.5 cm³/mol. The van der Waals surface area contributed by atoms with Gasteiger partial charge in [-0.2, -0.15) is 0 Å². The lowest BCUT2D eigenvalue weighted by molar-refractivity contribution is 0.588. The molecule has 0 bridgehead atoms. The molecule has 0 saturated heterocycles. The second-order valence-corrected chi connectivity index (χ2v) is 7.01. The highest BCUT2D eigenvalue weighted by Crippen LogP contribution is 2.28. The summed E-state index contributed by atoms with van der Waals surface area (Å²) in [7, 11) is -2.25. The maximum absolute atomic E-state index is 13.7. The first-order valence-corrected chi connectivity index (χ1v) is 8.16. The topological polar surface area (TPSA) is 84.2 Å². The molecule has 0 aromatic heterocycles. The Bertz CT molecular complexity index is 781. The lowest BCUT2D eigenvalue weighted by Crippen LogP contribution is -2.18. The Morgan fingerprint density at radius 2 is 1.86 bits per heavy atom. The van der Waals surface area contributed by atoms with Crippen LogP contribution < -0.4 is 15.8 Å². The van der Waals surface area contributed by atoms with Crippen LogP contribution in [-0.2, 0) is 10.0 Å². The Balaban J connectivity index is 2.36. The molecular weight excluding hydrogens is 361 g/mol. The van der Waals surface area contributed by atoms with Gasteiger partial charge >= 0.3 is 0 Å². The van der Waals surface area contributed by atoms with Crippen molar-refractivity contribution in [2.75, 3.05) is 18.1 Å². The highest BCUT2D eigenvalue weighted by Gasteiger charge is 2.13. The number of nitrogen functional groups attached to an aromatic ring is 1. The first-order chi connectivity index (χ1) is 9.83. The largest absolute Gasteiger partial charge is 0.397 e. The molecule has 0 heterocycles. The van der Waals surface area contributed by atoms with Gasteiger partial charge in [-0.25, -0.2) is 17.5 Å². The van der Waals surface area contributed by atoms with Gasteiger partial charge in [-0.05, 0) is 43.4 Å². The number of sulfonamides is 1. The van der Waals surface area contributed by atoms with E-state index in [9.17, 15) is 12.8 Å². The summed E-state index contributed by atoms with van der Waals surface area (Å²) in [6.07, 6.45) is 0. The highest BCUT2D eigenvalue weighted by atomic mass is 79.9. The van der Waals surface area contributed by atoms with Crippen LogP contribution in [0.15, 0.2) is 45.8 Å². The quantitative estimate of drug-likeness (QED) is 0.719. The number of halogens is 2. The van der Waals surface area contributed by atoms with E-state index in [4.69, 9.17) is 5.73 Å².